The van der Waals surface area contributed by atoms with Crippen LogP contribution in [-0.4, -0.2) is 22.8 Å². The lowest BCUT2D eigenvalue weighted by Crippen LogP contribution is -2.10. The lowest BCUT2D eigenvalue weighted by atomic mass is 9.88. The fourth-order valence-electron chi connectivity index (χ4n) is 2.92. The number of fused-ring (bicyclic) bond motifs is 1. The van der Waals surface area contributed by atoms with Gasteiger partial charge in [0.2, 0.25) is 0 Å². The van der Waals surface area contributed by atoms with E-state index in [2.05, 4.69) is 22.8 Å². The molecule has 23 heavy (non-hydrogen) atoms. The second-order valence-corrected chi connectivity index (χ2v) is 5.67. The number of rotatable bonds is 4. The van der Waals surface area contributed by atoms with Crippen molar-refractivity contribution in [3.05, 3.63) is 65.9 Å². The van der Waals surface area contributed by atoms with Crippen molar-refractivity contribution >= 4 is 16.9 Å². The van der Waals surface area contributed by atoms with E-state index in [4.69, 9.17) is 4.74 Å². The number of methoxy groups -OCH3 is 1. The monoisotopic (exact) mass is 309 g/mol. The number of aromatic hydroxyl groups is 1. The van der Waals surface area contributed by atoms with Gasteiger partial charge in [0.05, 0.1) is 13.5 Å². The first-order valence-corrected chi connectivity index (χ1v) is 7.49. The van der Waals surface area contributed by atoms with E-state index < -0.39 is 0 Å². The minimum atomic E-state index is -0.273. The molecule has 0 saturated carbocycles. The number of phenols is 1. The molecule has 0 saturated heterocycles. The van der Waals surface area contributed by atoms with Crippen LogP contribution >= 0.6 is 0 Å². The number of aromatic nitrogens is 1. The molecule has 118 valence electrons. The van der Waals surface area contributed by atoms with Crippen molar-refractivity contribution < 1.29 is 14.6 Å². The summed E-state index contributed by atoms with van der Waals surface area (Å²) in [6.07, 6.45) is 2.24. The van der Waals surface area contributed by atoms with Gasteiger partial charge >= 0.3 is 5.97 Å². The highest BCUT2D eigenvalue weighted by Crippen LogP contribution is 2.32. The van der Waals surface area contributed by atoms with Crippen LogP contribution in [0.2, 0.25) is 0 Å². The predicted octanol–water partition coefficient (Wildman–Crippen LogP) is 3.58. The van der Waals surface area contributed by atoms with E-state index in [9.17, 15) is 9.90 Å². The molecule has 2 aromatic carbocycles. The lowest BCUT2D eigenvalue weighted by Gasteiger charge is -2.17. The van der Waals surface area contributed by atoms with Crippen LogP contribution in [0.4, 0.5) is 0 Å². The molecule has 1 heterocycles. The number of benzene rings is 2. The molecule has 1 N–H and O–H groups in total. The van der Waals surface area contributed by atoms with E-state index in [1.165, 1.54) is 7.11 Å². The van der Waals surface area contributed by atoms with Crippen LogP contribution in [0.3, 0.4) is 0 Å². The van der Waals surface area contributed by atoms with Crippen molar-refractivity contribution in [1.29, 1.82) is 0 Å². The second kappa shape index (κ2) is 6.16. The third-order valence-electron chi connectivity index (χ3n) is 4.19. The lowest BCUT2D eigenvalue weighted by molar-refractivity contribution is -0.140. The molecule has 1 aromatic heterocycles. The van der Waals surface area contributed by atoms with Crippen molar-refractivity contribution in [2.45, 2.75) is 12.3 Å². The molecule has 0 spiro atoms. The smallest absolute Gasteiger partial charge is 0.306 e. The number of esters is 1. The molecule has 4 nitrogen and oxygen atoms in total. The van der Waals surface area contributed by atoms with Crippen molar-refractivity contribution in [2.24, 2.45) is 7.05 Å². The van der Waals surface area contributed by atoms with Crippen molar-refractivity contribution in [3.8, 4) is 5.75 Å². The van der Waals surface area contributed by atoms with Crippen LogP contribution in [0.1, 0.15) is 23.5 Å². The van der Waals surface area contributed by atoms with Crippen LogP contribution in [0, 0.1) is 0 Å². The molecule has 1 atom stereocenters. The Kier molecular flexibility index (Phi) is 4.06. The zero-order valence-corrected chi connectivity index (χ0v) is 13.2. The number of carbonyl (C=O) groups excluding carboxylic acids is 1. The predicted molar refractivity (Wildman–Crippen MR) is 89.5 cm³/mol. The zero-order valence-electron chi connectivity index (χ0n) is 13.2. The number of hydrogen-bond acceptors (Lipinski definition) is 3. The Bertz CT molecular complexity index is 851. The van der Waals surface area contributed by atoms with Crippen LogP contribution in [-0.2, 0) is 16.6 Å². The molecule has 0 aliphatic carbocycles. The maximum atomic E-state index is 11.8. The molecule has 4 heteroatoms. The summed E-state index contributed by atoms with van der Waals surface area (Å²) in [5.41, 5.74) is 3.02. The van der Waals surface area contributed by atoms with Crippen LogP contribution in [0.25, 0.3) is 10.9 Å². The number of carbonyl (C=O) groups is 1. The first-order chi connectivity index (χ1) is 11.1. The summed E-state index contributed by atoms with van der Waals surface area (Å²) in [6.45, 7) is 0. The first kappa shape index (κ1) is 15.2. The molecule has 0 aliphatic heterocycles. The van der Waals surface area contributed by atoms with Gasteiger partial charge < -0.3 is 14.4 Å². The van der Waals surface area contributed by atoms with Crippen molar-refractivity contribution in [2.75, 3.05) is 7.11 Å². The van der Waals surface area contributed by atoms with Crippen LogP contribution in [0.15, 0.2) is 54.7 Å². The van der Waals surface area contributed by atoms with Crippen molar-refractivity contribution in [3.63, 3.8) is 0 Å². The normalized spacial score (nSPS) is 12.3. The van der Waals surface area contributed by atoms with E-state index in [-0.39, 0.29) is 24.1 Å². The van der Waals surface area contributed by atoms with Crippen LogP contribution < -0.4 is 0 Å². The van der Waals surface area contributed by atoms with Gasteiger partial charge in [-0.25, -0.2) is 0 Å². The van der Waals surface area contributed by atoms with Crippen molar-refractivity contribution in [1.82, 2.24) is 4.57 Å². The summed E-state index contributed by atoms with van der Waals surface area (Å²) in [5, 5.41) is 10.9. The molecule has 3 aromatic rings. The quantitative estimate of drug-likeness (QED) is 0.749. The minimum absolute atomic E-state index is 0.158. The average molecular weight is 309 g/mol. The van der Waals surface area contributed by atoms with Gasteiger partial charge in [0, 0.05) is 24.7 Å². The number of nitrogens with zero attached hydrogens (tertiary/aromatic N) is 1. The molecule has 1 unspecified atom stereocenters. The first-order valence-electron chi connectivity index (χ1n) is 7.49. The Morgan fingerprint density at radius 1 is 1.17 bits per heavy atom. The SMILES string of the molecule is COC(=O)CC(c1cccc(O)c1)c1ccc2ccn(C)c2c1. The fourth-order valence-corrected chi connectivity index (χ4v) is 2.92. The van der Waals surface area contributed by atoms with E-state index in [0.29, 0.717) is 0 Å². The number of aryl methyl sites for hydroxylation is 1. The Hall–Kier alpha value is -2.75. The van der Waals surface area contributed by atoms with Gasteiger partial charge in [0.25, 0.3) is 0 Å². The van der Waals surface area contributed by atoms with Gasteiger partial charge in [0.15, 0.2) is 0 Å². The molecule has 0 amide bonds. The minimum Gasteiger partial charge on any atom is -0.508 e. The molecule has 3 rings (SSSR count). The highest BCUT2D eigenvalue weighted by atomic mass is 16.5. The van der Waals surface area contributed by atoms with Crippen LogP contribution in [0.5, 0.6) is 5.75 Å². The highest BCUT2D eigenvalue weighted by molar-refractivity contribution is 5.81. The largest absolute Gasteiger partial charge is 0.508 e. The third-order valence-corrected chi connectivity index (χ3v) is 4.19. The number of hydrogen-bond donors (Lipinski definition) is 1. The summed E-state index contributed by atoms with van der Waals surface area (Å²) < 4.78 is 6.90. The van der Waals surface area contributed by atoms with E-state index in [1.807, 2.05) is 25.4 Å². The number of ether oxygens (including phenoxy) is 1. The van der Waals surface area contributed by atoms with Gasteiger partial charge in [-0.3, -0.25) is 4.79 Å². The highest BCUT2D eigenvalue weighted by Gasteiger charge is 2.20. The second-order valence-electron chi connectivity index (χ2n) is 5.67. The molecule has 0 radical (unpaired) electrons. The standard InChI is InChI=1S/C19H19NO3/c1-20-9-8-13-6-7-15(11-18(13)20)17(12-19(22)23-2)14-4-3-5-16(21)10-14/h3-11,17,21H,12H2,1-2H3. The Morgan fingerprint density at radius 2 is 1.96 bits per heavy atom. The number of phenolic OH excluding ortho intramolecular Hbond substituents is 1. The molecule has 0 aliphatic rings. The van der Waals surface area contributed by atoms with Gasteiger partial charge in [0.1, 0.15) is 5.75 Å². The van der Waals surface area contributed by atoms with E-state index in [1.54, 1.807) is 18.2 Å². The third kappa shape index (κ3) is 3.06. The molecular weight excluding hydrogens is 290 g/mol. The Labute approximate surface area is 134 Å². The van der Waals surface area contributed by atoms with Gasteiger partial charge in [-0.2, -0.15) is 0 Å². The van der Waals surface area contributed by atoms with Gasteiger partial charge in [-0.05, 0) is 40.8 Å². The van der Waals surface area contributed by atoms with E-state index >= 15 is 0 Å². The fraction of sp³-hybridized carbons (Fsp3) is 0.211. The molecule has 0 fully saturated rings. The average Bonchev–Trinajstić information content (AvgIpc) is 2.93. The molecular formula is C19H19NO3. The molecule has 0 bridgehead atoms. The maximum absolute atomic E-state index is 11.8. The summed E-state index contributed by atoms with van der Waals surface area (Å²) in [4.78, 5) is 11.8. The zero-order chi connectivity index (χ0) is 16.4. The Morgan fingerprint density at radius 3 is 2.70 bits per heavy atom. The summed E-state index contributed by atoms with van der Waals surface area (Å²) in [5.74, 6) is -0.239. The topological polar surface area (TPSA) is 51.5 Å². The summed E-state index contributed by atoms with van der Waals surface area (Å²) in [7, 11) is 3.39. The Balaban J connectivity index is 2.08. The van der Waals surface area contributed by atoms with E-state index in [0.717, 1.165) is 22.0 Å². The van der Waals surface area contributed by atoms with Gasteiger partial charge in [-0.15, -0.1) is 0 Å². The maximum Gasteiger partial charge on any atom is 0.306 e. The summed E-state index contributed by atoms with van der Waals surface area (Å²) >= 11 is 0. The summed E-state index contributed by atoms with van der Waals surface area (Å²) in [6, 6.07) is 15.3. The van der Waals surface area contributed by atoms with Gasteiger partial charge in [-0.1, -0.05) is 24.3 Å².